The van der Waals surface area contributed by atoms with Crippen molar-refractivity contribution in [3.63, 3.8) is 0 Å². The first-order valence-electron chi connectivity index (χ1n) is 6.79. The predicted octanol–water partition coefficient (Wildman–Crippen LogP) is 2.35. The third-order valence-electron chi connectivity index (χ3n) is 3.54. The number of nitrogens with zero attached hydrogens (tertiary/aromatic N) is 2. The zero-order chi connectivity index (χ0) is 14.7. The second-order valence-electron chi connectivity index (χ2n) is 5.35. The number of amides is 2. The average molecular weight is 276 g/mol. The van der Waals surface area contributed by atoms with E-state index in [4.69, 9.17) is 5.11 Å². The van der Waals surface area contributed by atoms with Gasteiger partial charge in [0.25, 0.3) is 0 Å². The molecular formula is C15H20N2O3. The number of anilines is 1. The quantitative estimate of drug-likeness (QED) is 0.898. The van der Waals surface area contributed by atoms with Gasteiger partial charge in [-0.25, -0.2) is 4.79 Å². The molecule has 0 saturated heterocycles. The molecule has 1 saturated carbocycles. The first-order valence-corrected chi connectivity index (χ1v) is 6.79. The molecule has 1 aromatic rings. The van der Waals surface area contributed by atoms with Gasteiger partial charge >= 0.3 is 12.0 Å². The van der Waals surface area contributed by atoms with Crippen LogP contribution in [0, 0.1) is 12.8 Å². The Morgan fingerprint density at radius 3 is 2.50 bits per heavy atom. The molecule has 0 unspecified atom stereocenters. The first-order chi connectivity index (χ1) is 9.49. The molecule has 5 heteroatoms. The van der Waals surface area contributed by atoms with E-state index in [1.165, 1.54) is 9.80 Å². The number of carboxylic acid groups (broad SMARTS) is 1. The molecule has 0 spiro atoms. The molecule has 5 nitrogen and oxygen atoms in total. The van der Waals surface area contributed by atoms with Crippen LogP contribution in [0.25, 0.3) is 0 Å². The summed E-state index contributed by atoms with van der Waals surface area (Å²) in [6.07, 6.45) is 2.16. The van der Waals surface area contributed by atoms with Crippen LogP contribution in [0.15, 0.2) is 24.3 Å². The Balaban J connectivity index is 2.13. The molecule has 0 heterocycles. The number of hydrogen-bond acceptors (Lipinski definition) is 2. The van der Waals surface area contributed by atoms with Crippen LogP contribution < -0.4 is 4.90 Å². The van der Waals surface area contributed by atoms with Crippen LogP contribution in [-0.2, 0) is 4.79 Å². The van der Waals surface area contributed by atoms with E-state index in [2.05, 4.69) is 0 Å². The molecule has 20 heavy (non-hydrogen) atoms. The second-order valence-corrected chi connectivity index (χ2v) is 5.35. The number of urea groups is 1. The fourth-order valence-electron chi connectivity index (χ4n) is 2.24. The van der Waals surface area contributed by atoms with Crippen molar-refractivity contribution in [1.82, 2.24) is 4.90 Å². The minimum Gasteiger partial charge on any atom is -0.480 e. The maximum absolute atomic E-state index is 12.5. The lowest BCUT2D eigenvalue weighted by Crippen LogP contribution is -2.45. The molecule has 1 aromatic carbocycles. The van der Waals surface area contributed by atoms with E-state index in [0.29, 0.717) is 12.5 Å². The molecule has 0 bridgehead atoms. The number of benzene rings is 1. The Kier molecular flexibility index (Phi) is 4.27. The molecule has 1 fully saturated rings. The number of hydrogen-bond donors (Lipinski definition) is 1. The Morgan fingerprint density at radius 1 is 1.30 bits per heavy atom. The van der Waals surface area contributed by atoms with Crippen molar-refractivity contribution in [2.75, 3.05) is 25.0 Å². The van der Waals surface area contributed by atoms with Crippen molar-refractivity contribution in [3.05, 3.63) is 29.8 Å². The maximum atomic E-state index is 12.5. The van der Waals surface area contributed by atoms with Crippen molar-refractivity contribution in [1.29, 1.82) is 0 Å². The second kappa shape index (κ2) is 5.94. The van der Waals surface area contributed by atoms with Gasteiger partial charge in [0.05, 0.1) is 0 Å². The number of carbonyl (C=O) groups excluding carboxylic acids is 1. The monoisotopic (exact) mass is 276 g/mol. The fraction of sp³-hybridized carbons (Fsp3) is 0.467. The molecule has 2 amide bonds. The van der Waals surface area contributed by atoms with E-state index in [0.717, 1.165) is 24.1 Å². The zero-order valence-electron chi connectivity index (χ0n) is 11.9. The van der Waals surface area contributed by atoms with Crippen molar-refractivity contribution in [2.45, 2.75) is 19.8 Å². The third kappa shape index (κ3) is 3.50. The lowest BCUT2D eigenvalue weighted by atomic mass is 10.2. The van der Waals surface area contributed by atoms with Gasteiger partial charge in [-0.1, -0.05) is 18.2 Å². The Hall–Kier alpha value is -2.04. The van der Waals surface area contributed by atoms with E-state index in [-0.39, 0.29) is 12.6 Å². The Bertz CT molecular complexity index is 512. The van der Waals surface area contributed by atoms with Gasteiger partial charge in [0.15, 0.2) is 0 Å². The lowest BCUT2D eigenvalue weighted by molar-refractivity contribution is -0.137. The highest BCUT2D eigenvalue weighted by Gasteiger charge is 2.29. The zero-order valence-corrected chi connectivity index (χ0v) is 11.9. The summed E-state index contributed by atoms with van der Waals surface area (Å²) < 4.78 is 0. The number of carboxylic acids is 1. The standard InChI is InChI=1S/C15H20N2O3/c1-11-5-3-4-6-13(11)16(2)15(20)17(10-14(18)19)9-12-7-8-12/h3-6,12H,7-10H2,1-2H3,(H,18,19). The molecule has 1 aliphatic rings. The molecule has 108 valence electrons. The SMILES string of the molecule is Cc1ccccc1N(C)C(=O)N(CC(=O)O)CC1CC1. The molecular weight excluding hydrogens is 256 g/mol. The Morgan fingerprint density at radius 2 is 1.95 bits per heavy atom. The Labute approximate surface area is 118 Å². The molecule has 0 aliphatic heterocycles. The summed E-state index contributed by atoms with van der Waals surface area (Å²) in [5.41, 5.74) is 1.80. The summed E-state index contributed by atoms with van der Waals surface area (Å²) in [4.78, 5) is 26.4. The maximum Gasteiger partial charge on any atom is 0.324 e. The summed E-state index contributed by atoms with van der Waals surface area (Å²) in [5, 5.41) is 8.96. The van der Waals surface area contributed by atoms with Gasteiger partial charge in [0.2, 0.25) is 0 Å². The van der Waals surface area contributed by atoms with E-state index in [9.17, 15) is 9.59 Å². The van der Waals surface area contributed by atoms with Crippen LogP contribution >= 0.6 is 0 Å². The number of rotatable bonds is 5. The molecule has 0 radical (unpaired) electrons. The molecule has 1 aliphatic carbocycles. The summed E-state index contributed by atoms with van der Waals surface area (Å²) in [6.45, 7) is 2.22. The summed E-state index contributed by atoms with van der Waals surface area (Å²) in [5.74, 6) is -0.513. The van der Waals surface area contributed by atoms with Gasteiger partial charge in [-0.2, -0.15) is 0 Å². The largest absolute Gasteiger partial charge is 0.480 e. The van der Waals surface area contributed by atoms with Crippen LogP contribution in [0.4, 0.5) is 10.5 Å². The predicted molar refractivity (Wildman–Crippen MR) is 76.9 cm³/mol. The van der Waals surface area contributed by atoms with Gasteiger partial charge in [-0.15, -0.1) is 0 Å². The fourth-order valence-corrected chi connectivity index (χ4v) is 2.24. The van der Waals surface area contributed by atoms with Gasteiger partial charge in [-0.3, -0.25) is 9.69 Å². The highest BCUT2D eigenvalue weighted by Crippen LogP contribution is 2.30. The highest BCUT2D eigenvalue weighted by molar-refractivity contribution is 5.93. The van der Waals surface area contributed by atoms with Crippen molar-refractivity contribution in [3.8, 4) is 0 Å². The summed E-state index contributed by atoms with van der Waals surface area (Å²) >= 11 is 0. The number of aliphatic carboxylic acids is 1. The van der Waals surface area contributed by atoms with E-state index in [1.54, 1.807) is 7.05 Å². The minimum absolute atomic E-state index is 0.244. The van der Waals surface area contributed by atoms with Crippen LogP contribution in [0.1, 0.15) is 18.4 Å². The third-order valence-corrected chi connectivity index (χ3v) is 3.54. The van der Waals surface area contributed by atoms with Crippen LogP contribution in [0.2, 0.25) is 0 Å². The van der Waals surface area contributed by atoms with Crippen molar-refractivity contribution in [2.24, 2.45) is 5.92 Å². The van der Waals surface area contributed by atoms with Gasteiger partial charge < -0.3 is 10.0 Å². The normalized spacial score (nSPS) is 13.9. The minimum atomic E-state index is -0.975. The highest BCUT2D eigenvalue weighted by atomic mass is 16.4. The first kappa shape index (κ1) is 14.4. The number of carbonyl (C=O) groups is 2. The molecule has 1 N–H and O–H groups in total. The summed E-state index contributed by atoms with van der Waals surface area (Å²) in [6, 6.07) is 7.32. The van der Waals surface area contributed by atoms with Crippen LogP contribution in [-0.4, -0.2) is 42.1 Å². The molecule has 0 aromatic heterocycles. The number of para-hydroxylation sites is 1. The topological polar surface area (TPSA) is 60.9 Å². The summed E-state index contributed by atoms with van der Waals surface area (Å²) in [7, 11) is 1.69. The smallest absolute Gasteiger partial charge is 0.324 e. The molecule has 0 atom stereocenters. The average Bonchev–Trinajstić information content (AvgIpc) is 3.20. The van der Waals surface area contributed by atoms with Crippen LogP contribution in [0.3, 0.4) is 0 Å². The van der Waals surface area contributed by atoms with E-state index >= 15 is 0 Å². The van der Waals surface area contributed by atoms with Crippen molar-refractivity contribution >= 4 is 17.7 Å². The lowest BCUT2D eigenvalue weighted by Gasteiger charge is -2.28. The van der Waals surface area contributed by atoms with Gasteiger partial charge in [-0.05, 0) is 37.3 Å². The van der Waals surface area contributed by atoms with Gasteiger partial charge in [0, 0.05) is 19.3 Å². The molecule has 2 rings (SSSR count). The van der Waals surface area contributed by atoms with Crippen molar-refractivity contribution < 1.29 is 14.7 Å². The van der Waals surface area contributed by atoms with Gasteiger partial charge in [0.1, 0.15) is 6.54 Å². The van der Waals surface area contributed by atoms with Crippen LogP contribution in [0.5, 0.6) is 0 Å². The van der Waals surface area contributed by atoms with E-state index < -0.39 is 5.97 Å². The number of aryl methyl sites for hydroxylation is 1. The van der Waals surface area contributed by atoms with E-state index in [1.807, 2.05) is 31.2 Å².